The SMILES string of the molecule is Cc1ccc(Nc2nc(F)nc(Nc3ccc(S(=O)(=O)O)c(Nc4cc(F)c([N+](=O)[O-])cc4[N+](=O)[O-])c3)n2)cc1S(=O)(=O)O. The number of aromatic nitrogens is 3. The summed E-state index contributed by atoms with van der Waals surface area (Å²) in [5, 5.41) is 29.8. The summed E-state index contributed by atoms with van der Waals surface area (Å²) in [6.07, 6.45) is -1.34. The van der Waals surface area contributed by atoms with Crippen LogP contribution in [0.25, 0.3) is 0 Å². The molecule has 3 aromatic carbocycles. The lowest BCUT2D eigenvalue weighted by molar-refractivity contribution is -0.395. The monoisotopic (exact) mass is 654 g/mol. The van der Waals surface area contributed by atoms with Crippen LogP contribution >= 0.6 is 0 Å². The standard InChI is InChI=1S/C22H16F2N8O10S2/c1-10-2-3-12(7-19(10)44(40,41)42)26-22-29-20(24)28-21(30-22)25-11-4-5-18(43(37,38)39)15(6-11)27-14-8-13(23)16(31(33)34)9-17(14)32(35)36/h2-9,27H,1H3,(H,37,38,39)(H,40,41,42)(H2,25,26,28,29,30). The lowest BCUT2D eigenvalue weighted by Gasteiger charge is -2.14. The maximum atomic E-state index is 14.3. The van der Waals surface area contributed by atoms with Crippen LogP contribution in [-0.4, -0.2) is 50.7 Å². The fraction of sp³-hybridized carbons (Fsp3) is 0.0455. The topological polar surface area (TPSA) is 270 Å². The molecule has 0 radical (unpaired) electrons. The van der Waals surface area contributed by atoms with Crippen LogP contribution in [0.1, 0.15) is 5.56 Å². The third kappa shape index (κ3) is 7.12. The molecule has 0 aliphatic rings. The van der Waals surface area contributed by atoms with Crippen LogP contribution in [0.3, 0.4) is 0 Å². The molecular formula is C22H16F2N8O10S2. The Morgan fingerprint density at radius 2 is 1.25 bits per heavy atom. The smallest absolute Gasteiger partial charge is 0.315 e. The molecule has 0 aliphatic heterocycles. The van der Waals surface area contributed by atoms with Gasteiger partial charge in [0.2, 0.25) is 17.7 Å². The van der Waals surface area contributed by atoms with E-state index in [9.17, 15) is 55.0 Å². The molecule has 18 nitrogen and oxygen atoms in total. The van der Waals surface area contributed by atoms with Gasteiger partial charge in [0.15, 0.2) is 0 Å². The Kier molecular flexibility index (Phi) is 8.35. The van der Waals surface area contributed by atoms with Crippen molar-refractivity contribution in [2.75, 3.05) is 16.0 Å². The van der Waals surface area contributed by atoms with E-state index in [1.807, 2.05) is 0 Å². The van der Waals surface area contributed by atoms with Crippen LogP contribution in [0.5, 0.6) is 0 Å². The molecule has 230 valence electrons. The lowest BCUT2D eigenvalue weighted by Crippen LogP contribution is -2.08. The average Bonchev–Trinajstić information content (AvgIpc) is 2.88. The van der Waals surface area contributed by atoms with Gasteiger partial charge in [-0.05, 0) is 42.8 Å². The van der Waals surface area contributed by atoms with Gasteiger partial charge in [-0.3, -0.25) is 29.3 Å². The summed E-state index contributed by atoms with van der Waals surface area (Å²) in [5.41, 5.74) is -3.43. The van der Waals surface area contributed by atoms with Crippen molar-refractivity contribution in [3.05, 3.63) is 86.2 Å². The molecule has 0 spiro atoms. The first-order chi connectivity index (χ1) is 20.4. The van der Waals surface area contributed by atoms with Crippen molar-refractivity contribution in [1.29, 1.82) is 0 Å². The Hall–Kier alpha value is -5.45. The van der Waals surface area contributed by atoms with Crippen LogP contribution < -0.4 is 16.0 Å². The van der Waals surface area contributed by atoms with Crippen molar-refractivity contribution in [1.82, 2.24) is 15.0 Å². The molecule has 1 heterocycles. The van der Waals surface area contributed by atoms with Crippen LogP contribution in [0.15, 0.2) is 58.3 Å². The fourth-order valence-corrected chi connectivity index (χ4v) is 5.07. The molecule has 0 unspecified atom stereocenters. The molecule has 0 saturated carbocycles. The van der Waals surface area contributed by atoms with Gasteiger partial charge in [0.1, 0.15) is 10.6 Å². The Labute approximate surface area is 244 Å². The molecular weight excluding hydrogens is 638 g/mol. The van der Waals surface area contributed by atoms with Gasteiger partial charge in [-0.15, -0.1) is 0 Å². The summed E-state index contributed by atoms with van der Waals surface area (Å²) >= 11 is 0. The number of anilines is 6. The van der Waals surface area contributed by atoms with Gasteiger partial charge in [-0.25, -0.2) is 0 Å². The number of halogens is 2. The number of nitro benzene ring substituents is 2. The number of hydrogen-bond donors (Lipinski definition) is 5. The second-order valence-corrected chi connectivity index (χ2v) is 11.4. The zero-order chi connectivity index (χ0) is 32.6. The number of benzene rings is 3. The van der Waals surface area contributed by atoms with Crippen molar-refractivity contribution >= 4 is 66.3 Å². The minimum atomic E-state index is -5.01. The third-order valence-corrected chi connectivity index (χ3v) is 7.48. The lowest BCUT2D eigenvalue weighted by atomic mass is 10.2. The second-order valence-electron chi connectivity index (χ2n) is 8.60. The van der Waals surface area contributed by atoms with Gasteiger partial charge in [0.25, 0.3) is 25.9 Å². The zero-order valence-corrected chi connectivity index (χ0v) is 23.2. The summed E-state index contributed by atoms with van der Waals surface area (Å²) < 4.78 is 94.7. The summed E-state index contributed by atoms with van der Waals surface area (Å²) in [4.78, 5) is 29.7. The maximum absolute atomic E-state index is 14.3. The first kappa shape index (κ1) is 31.5. The second kappa shape index (κ2) is 11.7. The molecule has 0 aliphatic carbocycles. The molecule has 22 heteroatoms. The zero-order valence-electron chi connectivity index (χ0n) is 21.6. The van der Waals surface area contributed by atoms with Crippen molar-refractivity contribution < 1.29 is 44.6 Å². The predicted molar refractivity (Wildman–Crippen MR) is 147 cm³/mol. The van der Waals surface area contributed by atoms with E-state index in [2.05, 4.69) is 30.9 Å². The van der Waals surface area contributed by atoms with E-state index in [0.29, 0.717) is 12.1 Å². The fourth-order valence-electron chi connectivity index (χ4n) is 3.69. The largest absolute Gasteiger partial charge is 0.349 e. The Morgan fingerprint density at radius 1 is 0.705 bits per heavy atom. The molecule has 4 aromatic rings. The van der Waals surface area contributed by atoms with Crippen molar-refractivity contribution in [3.8, 4) is 0 Å². The van der Waals surface area contributed by atoms with Crippen molar-refractivity contribution in [2.45, 2.75) is 16.7 Å². The van der Waals surface area contributed by atoms with E-state index in [0.717, 1.165) is 24.3 Å². The summed E-state index contributed by atoms with van der Waals surface area (Å²) in [5.74, 6) is -2.45. The van der Waals surface area contributed by atoms with E-state index >= 15 is 0 Å². The molecule has 0 atom stereocenters. The Balaban J connectivity index is 1.71. The van der Waals surface area contributed by atoms with Gasteiger partial charge < -0.3 is 16.0 Å². The average molecular weight is 655 g/mol. The number of nitrogens with zero attached hydrogens (tertiary/aromatic N) is 5. The van der Waals surface area contributed by atoms with Crippen molar-refractivity contribution in [2.24, 2.45) is 0 Å². The first-order valence-electron chi connectivity index (χ1n) is 11.5. The highest BCUT2D eigenvalue weighted by Crippen LogP contribution is 2.36. The molecule has 0 saturated heterocycles. The van der Waals surface area contributed by atoms with Gasteiger partial charge >= 0.3 is 11.8 Å². The Morgan fingerprint density at radius 3 is 1.80 bits per heavy atom. The van der Waals surface area contributed by atoms with E-state index < -0.39 is 86.4 Å². The van der Waals surface area contributed by atoms with Crippen LogP contribution in [0.2, 0.25) is 0 Å². The molecule has 44 heavy (non-hydrogen) atoms. The highest BCUT2D eigenvalue weighted by atomic mass is 32.2. The summed E-state index contributed by atoms with van der Waals surface area (Å²) in [6.45, 7) is 1.42. The predicted octanol–water partition coefficient (Wildman–Crippen LogP) is 4.00. The molecule has 5 N–H and O–H groups in total. The van der Waals surface area contributed by atoms with E-state index in [1.165, 1.54) is 19.1 Å². The molecule has 1 aromatic heterocycles. The highest BCUT2D eigenvalue weighted by Gasteiger charge is 2.27. The molecule has 0 bridgehead atoms. The minimum Gasteiger partial charge on any atom is -0.349 e. The number of rotatable bonds is 10. The van der Waals surface area contributed by atoms with Gasteiger partial charge in [0, 0.05) is 17.4 Å². The molecule has 4 rings (SSSR count). The summed E-state index contributed by atoms with van der Waals surface area (Å²) in [7, 11) is -9.60. The number of nitrogens with one attached hydrogen (secondary N) is 3. The first-order valence-corrected chi connectivity index (χ1v) is 14.3. The van der Waals surface area contributed by atoms with Gasteiger partial charge in [-0.1, -0.05) is 6.07 Å². The minimum absolute atomic E-state index is 0.0284. The Bertz CT molecular complexity index is 2060. The summed E-state index contributed by atoms with van der Waals surface area (Å²) in [6, 6.07) is 7.23. The molecule has 0 amide bonds. The third-order valence-electron chi connectivity index (χ3n) is 5.57. The highest BCUT2D eigenvalue weighted by molar-refractivity contribution is 7.86. The maximum Gasteiger partial charge on any atom is 0.315 e. The van der Waals surface area contributed by atoms with E-state index in [1.54, 1.807) is 0 Å². The normalized spacial score (nSPS) is 11.6. The van der Waals surface area contributed by atoms with E-state index in [4.69, 9.17) is 0 Å². The van der Waals surface area contributed by atoms with E-state index in [-0.39, 0.29) is 16.9 Å². The van der Waals surface area contributed by atoms with Crippen LogP contribution in [0.4, 0.5) is 54.8 Å². The van der Waals surface area contributed by atoms with Crippen LogP contribution in [0, 0.1) is 39.0 Å². The number of hydrogen-bond acceptors (Lipinski definition) is 14. The quantitative estimate of drug-likeness (QED) is 0.0918. The molecule has 0 fully saturated rings. The van der Waals surface area contributed by atoms with Gasteiger partial charge in [0.05, 0.1) is 26.5 Å². The number of aryl methyl sites for hydroxylation is 1. The van der Waals surface area contributed by atoms with Gasteiger partial charge in [-0.2, -0.15) is 40.6 Å². The number of nitro groups is 2. The van der Waals surface area contributed by atoms with Crippen LogP contribution in [-0.2, 0) is 20.2 Å². The van der Waals surface area contributed by atoms with Crippen molar-refractivity contribution in [3.63, 3.8) is 0 Å².